The van der Waals surface area contributed by atoms with Gasteiger partial charge in [-0.1, -0.05) is 0 Å². The molecule has 0 bridgehead atoms. The third kappa shape index (κ3) is 5.36. The van der Waals surface area contributed by atoms with Crippen molar-refractivity contribution in [3.8, 4) is 17.5 Å². The number of nitrogens with zero attached hydrogens (tertiary/aromatic N) is 3. The van der Waals surface area contributed by atoms with Crippen molar-refractivity contribution in [2.24, 2.45) is 0 Å². The lowest BCUT2D eigenvalue weighted by molar-refractivity contribution is -0.153. The predicted molar refractivity (Wildman–Crippen MR) is 102 cm³/mol. The Morgan fingerprint density at radius 1 is 1.24 bits per heavy atom. The number of carbonyl (C=O) groups excluding carboxylic acids is 1. The molecule has 0 aliphatic carbocycles. The maximum absolute atomic E-state index is 12.4. The first-order valence-corrected chi connectivity index (χ1v) is 8.90. The standard InChI is InChI=1S/C19H12BrF3N4O2/c20-14-9-25-27(10-14)16-4-1-12(2-5-16)18(28)26-15-3-6-17(13(7-15)8-24)29-11-19(21,22)23/h1-7,9-10H,11H2,(H,26,28). The van der Waals surface area contributed by atoms with Gasteiger partial charge in [0, 0.05) is 17.4 Å². The fraction of sp³-hybridized carbons (Fsp3) is 0.105. The second-order valence-electron chi connectivity index (χ2n) is 5.83. The van der Waals surface area contributed by atoms with Crippen LogP contribution in [0.3, 0.4) is 0 Å². The Kier molecular flexibility index (Phi) is 5.89. The lowest BCUT2D eigenvalue weighted by Gasteiger charge is -2.12. The second-order valence-corrected chi connectivity index (χ2v) is 6.75. The van der Waals surface area contributed by atoms with Gasteiger partial charge in [-0.3, -0.25) is 4.79 Å². The van der Waals surface area contributed by atoms with E-state index in [2.05, 4.69) is 31.1 Å². The van der Waals surface area contributed by atoms with Gasteiger partial charge in [0.25, 0.3) is 5.91 Å². The molecular weight excluding hydrogens is 453 g/mol. The number of nitriles is 1. The fourth-order valence-electron chi connectivity index (χ4n) is 2.39. The van der Waals surface area contributed by atoms with Crippen LogP contribution < -0.4 is 10.1 Å². The molecule has 0 saturated heterocycles. The van der Waals surface area contributed by atoms with Gasteiger partial charge in [0.2, 0.25) is 0 Å². The molecule has 3 aromatic rings. The number of halogens is 4. The molecule has 0 radical (unpaired) electrons. The largest absolute Gasteiger partial charge is 0.483 e. The minimum Gasteiger partial charge on any atom is -0.483 e. The number of ether oxygens (including phenoxy) is 1. The molecule has 148 valence electrons. The van der Waals surface area contributed by atoms with Crippen molar-refractivity contribution in [2.45, 2.75) is 6.18 Å². The number of anilines is 1. The molecule has 10 heteroatoms. The number of alkyl halides is 3. The quantitative estimate of drug-likeness (QED) is 0.593. The number of hydrogen-bond donors (Lipinski definition) is 1. The first kappa shape index (κ1) is 20.4. The minimum atomic E-state index is -4.52. The van der Waals surface area contributed by atoms with Crippen LogP contribution in [0.5, 0.6) is 5.75 Å². The van der Waals surface area contributed by atoms with Crippen molar-refractivity contribution >= 4 is 27.5 Å². The van der Waals surface area contributed by atoms with Crippen molar-refractivity contribution in [2.75, 3.05) is 11.9 Å². The van der Waals surface area contributed by atoms with Gasteiger partial charge in [-0.05, 0) is 58.4 Å². The van der Waals surface area contributed by atoms with E-state index in [0.717, 1.165) is 10.2 Å². The molecule has 0 fully saturated rings. The molecule has 1 N–H and O–H groups in total. The van der Waals surface area contributed by atoms with E-state index < -0.39 is 18.7 Å². The van der Waals surface area contributed by atoms with Crippen molar-refractivity contribution in [3.63, 3.8) is 0 Å². The van der Waals surface area contributed by atoms with E-state index in [1.807, 2.05) is 0 Å². The van der Waals surface area contributed by atoms with E-state index in [-0.39, 0.29) is 17.0 Å². The number of amides is 1. The van der Waals surface area contributed by atoms with E-state index in [0.29, 0.717) is 5.56 Å². The zero-order valence-electron chi connectivity index (χ0n) is 14.6. The topological polar surface area (TPSA) is 79.9 Å². The van der Waals surface area contributed by atoms with E-state index in [1.165, 1.54) is 18.2 Å². The van der Waals surface area contributed by atoms with Gasteiger partial charge in [0.05, 0.1) is 21.9 Å². The van der Waals surface area contributed by atoms with Crippen LogP contribution in [0.1, 0.15) is 15.9 Å². The van der Waals surface area contributed by atoms with Gasteiger partial charge in [-0.2, -0.15) is 23.5 Å². The van der Waals surface area contributed by atoms with Crippen LogP contribution in [-0.4, -0.2) is 28.5 Å². The van der Waals surface area contributed by atoms with Crippen molar-refractivity contribution < 1.29 is 22.7 Å². The Bertz CT molecular complexity index is 1070. The van der Waals surface area contributed by atoms with Crippen LogP contribution in [0.15, 0.2) is 59.3 Å². The molecule has 6 nitrogen and oxygen atoms in total. The van der Waals surface area contributed by atoms with Crippen LogP contribution >= 0.6 is 15.9 Å². The highest BCUT2D eigenvalue weighted by molar-refractivity contribution is 9.10. The van der Waals surface area contributed by atoms with Gasteiger partial charge in [-0.15, -0.1) is 0 Å². The number of nitrogens with one attached hydrogen (secondary N) is 1. The van der Waals surface area contributed by atoms with E-state index >= 15 is 0 Å². The highest BCUT2D eigenvalue weighted by Gasteiger charge is 2.28. The van der Waals surface area contributed by atoms with Crippen molar-refractivity contribution in [1.82, 2.24) is 9.78 Å². The molecule has 1 aromatic heterocycles. The van der Waals surface area contributed by atoms with Gasteiger partial charge < -0.3 is 10.1 Å². The Balaban J connectivity index is 1.71. The number of hydrogen-bond acceptors (Lipinski definition) is 4. The van der Waals surface area contributed by atoms with Gasteiger partial charge in [0.15, 0.2) is 6.61 Å². The fourth-order valence-corrected chi connectivity index (χ4v) is 2.68. The number of aromatic nitrogens is 2. The normalized spacial score (nSPS) is 11.0. The minimum absolute atomic E-state index is 0.119. The Hall–Kier alpha value is -3.32. The zero-order chi connectivity index (χ0) is 21.0. The molecule has 29 heavy (non-hydrogen) atoms. The van der Waals surface area contributed by atoms with Crippen LogP contribution in [0.4, 0.5) is 18.9 Å². The van der Waals surface area contributed by atoms with Crippen LogP contribution in [0.2, 0.25) is 0 Å². The van der Waals surface area contributed by atoms with Gasteiger partial charge >= 0.3 is 6.18 Å². The Labute approximate surface area is 171 Å². The van der Waals surface area contributed by atoms with Crippen molar-refractivity contribution in [3.05, 3.63) is 70.5 Å². The smallest absolute Gasteiger partial charge is 0.422 e. The van der Waals surface area contributed by atoms with Gasteiger partial charge in [-0.25, -0.2) is 4.68 Å². The maximum atomic E-state index is 12.4. The zero-order valence-corrected chi connectivity index (χ0v) is 16.2. The number of carbonyl (C=O) groups is 1. The number of benzene rings is 2. The molecule has 0 aliphatic rings. The summed E-state index contributed by atoms with van der Waals surface area (Å²) in [5, 5.41) is 15.9. The summed E-state index contributed by atoms with van der Waals surface area (Å²) in [6.07, 6.45) is -1.12. The summed E-state index contributed by atoms with van der Waals surface area (Å²) in [6.45, 7) is -1.51. The molecule has 0 unspecified atom stereocenters. The van der Waals surface area contributed by atoms with E-state index in [4.69, 9.17) is 5.26 Å². The molecule has 0 saturated carbocycles. The summed E-state index contributed by atoms with van der Waals surface area (Å²) >= 11 is 3.31. The average Bonchev–Trinajstić information content (AvgIpc) is 3.12. The van der Waals surface area contributed by atoms with E-state index in [1.54, 1.807) is 47.4 Å². The third-order valence-electron chi connectivity index (χ3n) is 3.69. The van der Waals surface area contributed by atoms with Crippen LogP contribution in [0.25, 0.3) is 5.69 Å². The second kappa shape index (κ2) is 8.36. The lowest BCUT2D eigenvalue weighted by atomic mass is 10.1. The first-order chi connectivity index (χ1) is 13.7. The molecule has 0 spiro atoms. The summed E-state index contributed by atoms with van der Waals surface area (Å²) in [5.41, 5.74) is 1.25. The highest BCUT2D eigenvalue weighted by atomic mass is 79.9. The molecule has 0 atom stereocenters. The predicted octanol–water partition coefficient (Wildman–Crippen LogP) is 4.70. The van der Waals surface area contributed by atoms with E-state index in [9.17, 15) is 18.0 Å². The molecular formula is C19H12BrF3N4O2. The molecule has 3 rings (SSSR count). The molecule has 2 aromatic carbocycles. The average molecular weight is 465 g/mol. The monoisotopic (exact) mass is 464 g/mol. The summed E-state index contributed by atoms with van der Waals surface area (Å²) < 4.78 is 43.9. The molecule has 1 heterocycles. The Morgan fingerprint density at radius 3 is 2.55 bits per heavy atom. The maximum Gasteiger partial charge on any atom is 0.422 e. The SMILES string of the molecule is N#Cc1cc(NC(=O)c2ccc(-n3cc(Br)cn3)cc2)ccc1OCC(F)(F)F. The third-order valence-corrected chi connectivity index (χ3v) is 4.10. The lowest BCUT2D eigenvalue weighted by Crippen LogP contribution is -2.19. The molecule has 1 amide bonds. The highest BCUT2D eigenvalue weighted by Crippen LogP contribution is 2.25. The summed E-state index contributed by atoms with van der Waals surface area (Å²) in [6, 6.07) is 12.2. The van der Waals surface area contributed by atoms with Crippen LogP contribution in [0, 0.1) is 11.3 Å². The van der Waals surface area contributed by atoms with Crippen LogP contribution in [-0.2, 0) is 0 Å². The molecule has 0 aliphatic heterocycles. The summed E-state index contributed by atoms with van der Waals surface area (Å²) in [7, 11) is 0. The van der Waals surface area contributed by atoms with Gasteiger partial charge in [0.1, 0.15) is 11.8 Å². The summed E-state index contributed by atoms with van der Waals surface area (Å²) in [4.78, 5) is 12.4. The Morgan fingerprint density at radius 2 is 1.97 bits per heavy atom. The van der Waals surface area contributed by atoms with Crippen molar-refractivity contribution in [1.29, 1.82) is 5.26 Å². The first-order valence-electron chi connectivity index (χ1n) is 8.11. The number of rotatable bonds is 5. The summed E-state index contributed by atoms with van der Waals surface area (Å²) in [5.74, 6) is -0.649.